The Hall–Kier alpha value is -0.860. The van der Waals surface area contributed by atoms with E-state index in [4.69, 9.17) is 0 Å². The lowest BCUT2D eigenvalue weighted by Crippen LogP contribution is -2.48. The van der Waals surface area contributed by atoms with Crippen LogP contribution in [-0.4, -0.2) is 37.6 Å². The van der Waals surface area contributed by atoms with E-state index in [1.165, 1.54) is 50.9 Å². The second-order valence-electron chi connectivity index (χ2n) is 5.74. The van der Waals surface area contributed by atoms with E-state index in [2.05, 4.69) is 54.5 Å². The van der Waals surface area contributed by atoms with E-state index in [0.29, 0.717) is 0 Å². The molecule has 0 bridgehead atoms. The Morgan fingerprint density at radius 1 is 1.26 bits per heavy atom. The van der Waals surface area contributed by atoms with Gasteiger partial charge in [0, 0.05) is 12.6 Å². The summed E-state index contributed by atoms with van der Waals surface area (Å²) in [5.74, 6) is 0.829. The minimum Gasteiger partial charge on any atom is -0.317 e. The maximum atomic E-state index is 3.48. The van der Waals surface area contributed by atoms with Gasteiger partial charge in [0.15, 0.2) is 0 Å². The van der Waals surface area contributed by atoms with Crippen LogP contribution in [0.15, 0.2) is 30.3 Å². The first-order chi connectivity index (χ1) is 9.33. The Balaban J connectivity index is 1.72. The molecule has 2 heteroatoms. The maximum absolute atomic E-state index is 3.48. The lowest BCUT2D eigenvalue weighted by atomic mass is 9.90. The highest BCUT2D eigenvalue weighted by Crippen LogP contribution is 2.20. The minimum absolute atomic E-state index is 0.732. The zero-order valence-corrected chi connectivity index (χ0v) is 12.4. The second-order valence-corrected chi connectivity index (χ2v) is 5.74. The van der Waals surface area contributed by atoms with E-state index in [1.807, 2.05) is 0 Å². The number of nitrogens with zero attached hydrogens (tertiary/aromatic N) is 1. The molecule has 0 amide bonds. The zero-order chi connectivity index (χ0) is 13.5. The number of aryl methyl sites for hydroxylation is 1. The predicted molar refractivity (Wildman–Crippen MR) is 82.4 cm³/mol. The van der Waals surface area contributed by atoms with Crippen LogP contribution in [-0.2, 0) is 6.42 Å². The number of rotatable bonds is 6. The molecule has 2 nitrogen and oxygen atoms in total. The molecule has 0 saturated carbocycles. The van der Waals surface area contributed by atoms with Gasteiger partial charge in [-0.2, -0.15) is 0 Å². The summed E-state index contributed by atoms with van der Waals surface area (Å²) in [4.78, 5) is 2.66. The van der Waals surface area contributed by atoms with Crippen molar-refractivity contribution in [2.45, 2.75) is 38.6 Å². The van der Waals surface area contributed by atoms with E-state index >= 15 is 0 Å². The summed E-state index contributed by atoms with van der Waals surface area (Å²) in [5.41, 5.74) is 1.47. The summed E-state index contributed by atoms with van der Waals surface area (Å²) >= 11 is 0. The predicted octanol–water partition coefficient (Wildman–Crippen LogP) is 2.94. The molecule has 0 spiro atoms. The van der Waals surface area contributed by atoms with Gasteiger partial charge in [-0.15, -0.1) is 0 Å². The summed E-state index contributed by atoms with van der Waals surface area (Å²) in [6, 6.07) is 11.6. The Kier molecular flexibility index (Phi) is 5.87. The van der Waals surface area contributed by atoms with Gasteiger partial charge in [0.25, 0.3) is 0 Å². The summed E-state index contributed by atoms with van der Waals surface area (Å²) in [6.07, 6.45) is 5.09. The largest absolute Gasteiger partial charge is 0.317 e. The molecule has 0 radical (unpaired) electrons. The van der Waals surface area contributed by atoms with E-state index in [0.717, 1.165) is 12.0 Å². The highest BCUT2D eigenvalue weighted by molar-refractivity contribution is 5.14. The van der Waals surface area contributed by atoms with Gasteiger partial charge in [0.05, 0.1) is 0 Å². The van der Waals surface area contributed by atoms with Crippen LogP contribution in [0.1, 0.15) is 31.7 Å². The topological polar surface area (TPSA) is 15.3 Å². The van der Waals surface area contributed by atoms with Gasteiger partial charge in [-0.25, -0.2) is 0 Å². The molecular formula is C17H28N2. The molecule has 2 atom stereocenters. The van der Waals surface area contributed by atoms with E-state index < -0.39 is 0 Å². The molecule has 1 fully saturated rings. The Labute approximate surface area is 118 Å². The lowest BCUT2D eigenvalue weighted by molar-refractivity contribution is 0.137. The Bertz CT molecular complexity index is 350. The van der Waals surface area contributed by atoms with Gasteiger partial charge in [-0.05, 0) is 50.9 Å². The molecule has 0 aromatic heterocycles. The average Bonchev–Trinajstić information content (AvgIpc) is 2.48. The molecule has 1 saturated heterocycles. The second kappa shape index (κ2) is 7.66. The summed E-state index contributed by atoms with van der Waals surface area (Å²) in [7, 11) is 2.11. The van der Waals surface area contributed by atoms with Crippen molar-refractivity contribution < 1.29 is 0 Å². The van der Waals surface area contributed by atoms with Crippen LogP contribution in [0.5, 0.6) is 0 Å². The first-order valence-electron chi connectivity index (χ1n) is 7.77. The summed E-state index contributed by atoms with van der Waals surface area (Å²) in [5, 5.41) is 3.48. The van der Waals surface area contributed by atoms with Crippen LogP contribution in [0.3, 0.4) is 0 Å². The standard InChI is InChI=1S/C17H28N2/c1-3-16-14-19(13-11-17(16)18-2)12-7-10-15-8-5-4-6-9-15/h4-6,8-9,16-18H,3,7,10-14H2,1-2H3. The zero-order valence-electron chi connectivity index (χ0n) is 12.4. The van der Waals surface area contributed by atoms with Gasteiger partial charge in [0.1, 0.15) is 0 Å². The van der Waals surface area contributed by atoms with Crippen LogP contribution >= 0.6 is 0 Å². The quantitative estimate of drug-likeness (QED) is 0.846. The van der Waals surface area contributed by atoms with Crippen LogP contribution < -0.4 is 5.32 Å². The molecule has 1 N–H and O–H groups in total. The molecule has 1 aliphatic rings. The normalized spacial score (nSPS) is 24.5. The average molecular weight is 260 g/mol. The lowest BCUT2D eigenvalue weighted by Gasteiger charge is -2.38. The molecular weight excluding hydrogens is 232 g/mol. The molecule has 1 aromatic rings. The third kappa shape index (κ3) is 4.32. The highest BCUT2D eigenvalue weighted by Gasteiger charge is 2.26. The number of likely N-dealkylation sites (tertiary alicyclic amines) is 1. The van der Waals surface area contributed by atoms with Crippen molar-refractivity contribution in [3.63, 3.8) is 0 Å². The van der Waals surface area contributed by atoms with Crippen LogP contribution in [0, 0.1) is 5.92 Å². The first-order valence-corrected chi connectivity index (χ1v) is 7.77. The van der Waals surface area contributed by atoms with Crippen molar-refractivity contribution >= 4 is 0 Å². The molecule has 2 rings (SSSR count). The van der Waals surface area contributed by atoms with Crippen LogP contribution in [0.2, 0.25) is 0 Å². The first kappa shape index (κ1) is 14.5. The third-order valence-corrected chi connectivity index (χ3v) is 4.50. The third-order valence-electron chi connectivity index (χ3n) is 4.50. The van der Waals surface area contributed by atoms with Crippen molar-refractivity contribution in [3.8, 4) is 0 Å². The summed E-state index contributed by atoms with van der Waals surface area (Å²) < 4.78 is 0. The van der Waals surface area contributed by atoms with E-state index in [1.54, 1.807) is 0 Å². The van der Waals surface area contributed by atoms with Crippen LogP contribution in [0.4, 0.5) is 0 Å². The van der Waals surface area contributed by atoms with Crippen molar-refractivity contribution in [3.05, 3.63) is 35.9 Å². The van der Waals surface area contributed by atoms with Gasteiger partial charge in [0.2, 0.25) is 0 Å². The molecule has 106 valence electrons. The molecule has 1 heterocycles. The van der Waals surface area contributed by atoms with Gasteiger partial charge in [-0.1, -0.05) is 43.7 Å². The molecule has 1 aromatic carbocycles. The SMILES string of the molecule is CCC1CN(CCCc2ccccc2)CCC1NC. The van der Waals surface area contributed by atoms with Crippen molar-refractivity contribution in [1.82, 2.24) is 10.2 Å². The fourth-order valence-corrected chi connectivity index (χ4v) is 3.26. The smallest absolute Gasteiger partial charge is 0.0117 e. The van der Waals surface area contributed by atoms with Gasteiger partial charge >= 0.3 is 0 Å². The number of nitrogens with one attached hydrogen (secondary N) is 1. The minimum atomic E-state index is 0.732. The van der Waals surface area contributed by atoms with Crippen LogP contribution in [0.25, 0.3) is 0 Å². The molecule has 0 aliphatic carbocycles. The van der Waals surface area contributed by atoms with Crippen molar-refractivity contribution in [2.24, 2.45) is 5.92 Å². The van der Waals surface area contributed by atoms with Gasteiger partial charge < -0.3 is 10.2 Å². The van der Waals surface area contributed by atoms with E-state index in [9.17, 15) is 0 Å². The Morgan fingerprint density at radius 3 is 2.74 bits per heavy atom. The fraction of sp³-hybridized carbons (Fsp3) is 0.647. The van der Waals surface area contributed by atoms with Crippen molar-refractivity contribution in [2.75, 3.05) is 26.7 Å². The molecule has 19 heavy (non-hydrogen) atoms. The Morgan fingerprint density at radius 2 is 2.05 bits per heavy atom. The molecule has 1 aliphatic heterocycles. The number of hydrogen-bond donors (Lipinski definition) is 1. The van der Waals surface area contributed by atoms with Gasteiger partial charge in [-0.3, -0.25) is 0 Å². The number of piperidine rings is 1. The monoisotopic (exact) mass is 260 g/mol. The molecule has 2 unspecified atom stereocenters. The van der Waals surface area contributed by atoms with E-state index in [-0.39, 0.29) is 0 Å². The fourth-order valence-electron chi connectivity index (χ4n) is 3.26. The number of hydrogen-bond acceptors (Lipinski definition) is 2. The summed E-state index contributed by atoms with van der Waals surface area (Å²) in [6.45, 7) is 6.11. The number of benzene rings is 1. The highest BCUT2D eigenvalue weighted by atomic mass is 15.1. The maximum Gasteiger partial charge on any atom is 0.0117 e. The van der Waals surface area contributed by atoms with Crippen molar-refractivity contribution in [1.29, 1.82) is 0 Å².